The number of hydrogen-bond acceptors (Lipinski definition) is 5. The van der Waals surface area contributed by atoms with Gasteiger partial charge in [-0.2, -0.15) is 5.10 Å². The van der Waals surface area contributed by atoms with Crippen LogP contribution in [0.3, 0.4) is 0 Å². The lowest BCUT2D eigenvalue weighted by atomic mass is 10.0. The number of piperidine rings is 1. The van der Waals surface area contributed by atoms with Crippen LogP contribution in [0.2, 0.25) is 0 Å². The van der Waals surface area contributed by atoms with Gasteiger partial charge in [-0.05, 0) is 39.5 Å². The Hall–Kier alpha value is -2.16. The average molecular weight is 406 g/mol. The normalized spacial score (nSPS) is 22.3. The molecule has 0 bridgehead atoms. The average Bonchev–Trinajstić information content (AvgIpc) is 3.10. The minimum atomic E-state index is 0.215. The van der Waals surface area contributed by atoms with E-state index in [2.05, 4.69) is 32.6 Å². The van der Waals surface area contributed by atoms with E-state index < -0.39 is 0 Å². The summed E-state index contributed by atoms with van der Waals surface area (Å²) in [6.07, 6.45) is 5.75. The van der Waals surface area contributed by atoms with E-state index in [9.17, 15) is 4.79 Å². The number of carbonyl (C=O) groups is 1. The number of hydrogen-bond donors (Lipinski definition) is 2. The first-order valence-electron chi connectivity index (χ1n) is 10.9. The zero-order valence-electron chi connectivity index (χ0n) is 18.0. The van der Waals surface area contributed by atoms with E-state index in [0.29, 0.717) is 25.6 Å². The third kappa shape index (κ3) is 5.91. The largest absolute Gasteiger partial charge is 0.377 e. The maximum absolute atomic E-state index is 12.5. The van der Waals surface area contributed by atoms with Gasteiger partial charge in [0.15, 0.2) is 11.8 Å². The third-order valence-corrected chi connectivity index (χ3v) is 5.58. The van der Waals surface area contributed by atoms with Crippen molar-refractivity contribution in [3.63, 3.8) is 0 Å². The number of nitrogens with zero attached hydrogens (tertiary/aromatic N) is 5. The smallest absolute Gasteiger partial charge is 0.224 e. The van der Waals surface area contributed by atoms with Crippen LogP contribution in [0, 0.1) is 0 Å². The molecule has 0 aliphatic carbocycles. The Bertz CT molecular complexity index is 703. The molecule has 9 nitrogen and oxygen atoms in total. The number of methoxy groups -OCH3 is 1. The Morgan fingerprint density at radius 3 is 2.97 bits per heavy atom. The fraction of sp³-hybridized carbons (Fsp3) is 0.800. The number of nitrogens with one attached hydrogen (secondary N) is 2. The zero-order valence-corrected chi connectivity index (χ0v) is 18.0. The molecular formula is C20H35N7O2. The Morgan fingerprint density at radius 1 is 1.34 bits per heavy atom. The molecule has 1 amide bonds. The van der Waals surface area contributed by atoms with Crippen molar-refractivity contribution in [2.75, 3.05) is 26.7 Å². The van der Waals surface area contributed by atoms with Crippen molar-refractivity contribution in [1.29, 1.82) is 0 Å². The van der Waals surface area contributed by atoms with Crippen LogP contribution in [-0.4, -0.2) is 70.4 Å². The fourth-order valence-corrected chi connectivity index (χ4v) is 4.06. The molecule has 2 N–H and O–H groups in total. The maximum atomic E-state index is 12.5. The van der Waals surface area contributed by atoms with Crippen LogP contribution in [0.15, 0.2) is 4.99 Å². The molecule has 2 aliphatic heterocycles. The summed E-state index contributed by atoms with van der Waals surface area (Å²) in [4.78, 5) is 23.7. The predicted octanol–water partition coefficient (Wildman–Crippen LogP) is 1.09. The molecule has 2 unspecified atom stereocenters. The first kappa shape index (κ1) is 21.5. The van der Waals surface area contributed by atoms with E-state index in [-0.39, 0.29) is 11.9 Å². The quantitative estimate of drug-likeness (QED) is 0.521. The van der Waals surface area contributed by atoms with Gasteiger partial charge < -0.3 is 20.3 Å². The SMILES string of the molecule is CCNC(=NCCC(=O)N1CCCCC1C)NC1CCc2nc(COC)nn2C1. The van der Waals surface area contributed by atoms with Gasteiger partial charge in [-0.3, -0.25) is 9.79 Å². The summed E-state index contributed by atoms with van der Waals surface area (Å²) in [6.45, 7) is 7.54. The number of rotatable bonds is 7. The van der Waals surface area contributed by atoms with Gasteiger partial charge in [-0.25, -0.2) is 9.67 Å². The molecule has 0 saturated carbocycles. The van der Waals surface area contributed by atoms with Crippen molar-refractivity contribution in [3.8, 4) is 0 Å². The van der Waals surface area contributed by atoms with Gasteiger partial charge in [-0.1, -0.05) is 0 Å². The van der Waals surface area contributed by atoms with Gasteiger partial charge in [-0.15, -0.1) is 0 Å². The van der Waals surface area contributed by atoms with E-state index in [1.165, 1.54) is 6.42 Å². The second-order valence-electron chi connectivity index (χ2n) is 7.88. The Labute approximate surface area is 173 Å². The summed E-state index contributed by atoms with van der Waals surface area (Å²) in [7, 11) is 1.65. The van der Waals surface area contributed by atoms with Crippen LogP contribution < -0.4 is 10.6 Å². The first-order valence-corrected chi connectivity index (χ1v) is 10.9. The number of ether oxygens (including phenoxy) is 1. The zero-order chi connectivity index (χ0) is 20.6. The predicted molar refractivity (Wildman–Crippen MR) is 112 cm³/mol. The van der Waals surface area contributed by atoms with Gasteiger partial charge in [0.1, 0.15) is 12.4 Å². The number of aryl methyl sites for hydroxylation is 1. The van der Waals surface area contributed by atoms with Crippen molar-refractivity contribution in [1.82, 2.24) is 30.3 Å². The summed E-state index contributed by atoms with van der Waals surface area (Å²) in [6, 6.07) is 0.587. The minimum absolute atomic E-state index is 0.215. The van der Waals surface area contributed by atoms with Crippen LogP contribution in [0.5, 0.6) is 0 Å². The van der Waals surface area contributed by atoms with Crippen molar-refractivity contribution in [3.05, 3.63) is 11.6 Å². The highest BCUT2D eigenvalue weighted by Gasteiger charge is 2.24. The van der Waals surface area contributed by atoms with Crippen LogP contribution >= 0.6 is 0 Å². The Kier molecular flexibility index (Phi) is 7.85. The lowest BCUT2D eigenvalue weighted by molar-refractivity contribution is -0.134. The van der Waals surface area contributed by atoms with Gasteiger partial charge >= 0.3 is 0 Å². The van der Waals surface area contributed by atoms with E-state index in [1.54, 1.807) is 7.11 Å². The second kappa shape index (κ2) is 10.6. The van der Waals surface area contributed by atoms with E-state index >= 15 is 0 Å². The van der Waals surface area contributed by atoms with Crippen LogP contribution in [0.25, 0.3) is 0 Å². The number of amides is 1. The Balaban J connectivity index is 1.52. The number of carbonyl (C=O) groups excluding carboxylic acids is 1. The van der Waals surface area contributed by atoms with Gasteiger partial charge in [0.2, 0.25) is 5.91 Å². The van der Waals surface area contributed by atoms with Gasteiger partial charge in [0, 0.05) is 45.1 Å². The van der Waals surface area contributed by atoms with Gasteiger partial charge in [0.05, 0.1) is 13.1 Å². The molecule has 9 heteroatoms. The summed E-state index contributed by atoms with van der Waals surface area (Å²) < 4.78 is 7.09. The maximum Gasteiger partial charge on any atom is 0.224 e. The molecule has 2 atom stereocenters. The van der Waals surface area contributed by atoms with Crippen LogP contribution in [-0.2, 0) is 29.1 Å². The molecule has 3 heterocycles. The van der Waals surface area contributed by atoms with E-state index in [0.717, 1.165) is 62.9 Å². The molecule has 0 aromatic carbocycles. The highest BCUT2D eigenvalue weighted by molar-refractivity contribution is 5.81. The monoisotopic (exact) mass is 405 g/mol. The molecule has 1 saturated heterocycles. The lowest BCUT2D eigenvalue weighted by Crippen LogP contribution is -2.47. The van der Waals surface area contributed by atoms with E-state index in [1.807, 2.05) is 16.5 Å². The molecule has 2 aliphatic rings. The number of likely N-dealkylation sites (tertiary alicyclic amines) is 1. The minimum Gasteiger partial charge on any atom is -0.377 e. The van der Waals surface area contributed by atoms with Crippen molar-refractivity contribution in [2.45, 2.75) is 77.6 Å². The molecular weight excluding hydrogens is 370 g/mol. The molecule has 162 valence electrons. The van der Waals surface area contributed by atoms with E-state index in [4.69, 9.17) is 4.74 Å². The summed E-state index contributed by atoms with van der Waals surface area (Å²) >= 11 is 0. The fourth-order valence-electron chi connectivity index (χ4n) is 4.06. The molecule has 1 fully saturated rings. The molecule has 29 heavy (non-hydrogen) atoms. The highest BCUT2D eigenvalue weighted by atomic mass is 16.5. The number of guanidine groups is 1. The second-order valence-corrected chi connectivity index (χ2v) is 7.88. The molecule has 1 aromatic heterocycles. The lowest BCUT2D eigenvalue weighted by Gasteiger charge is -2.33. The highest BCUT2D eigenvalue weighted by Crippen LogP contribution is 2.17. The van der Waals surface area contributed by atoms with Crippen molar-refractivity contribution < 1.29 is 9.53 Å². The summed E-state index contributed by atoms with van der Waals surface area (Å²) in [5, 5.41) is 11.3. The number of aromatic nitrogens is 3. The molecule has 0 spiro atoms. The first-order chi connectivity index (χ1) is 14.1. The summed E-state index contributed by atoms with van der Waals surface area (Å²) in [5.74, 6) is 2.72. The van der Waals surface area contributed by atoms with Crippen LogP contribution in [0.1, 0.15) is 57.6 Å². The van der Waals surface area contributed by atoms with Crippen molar-refractivity contribution >= 4 is 11.9 Å². The molecule has 0 radical (unpaired) electrons. The van der Waals surface area contributed by atoms with Gasteiger partial charge in [0.25, 0.3) is 0 Å². The third-order valence-electron chi connectivity index (χ3n) is 5.58. The molecule has 3 rings (SSSR count). The Morgan fingerprint density at radius 2 is 2.21 bits per heavy atom. The molecule has 1 aromatic rings. The van der Waals surface area contributed by atoms with Crippen LogP contribution in [0.4, 0.5) is 0 Å². The number of fused-ring (bicyclic) bond motifs is 1. The summed E-state index contributed by atoms with van der Waals surface area (Å²) in [5.41, 5.74) is 0. The van der Waals surface area contributed by atoms with Crippen molar-refractivity contribution in [2.24, 2.45) is 4.99 Å². The number of aliphatic imine (C=N–C) groups is 1. The topological polar surface area (TPSA) is 96.7 Å². The standard InChI is InChI=1S/C20H35N7O2/c1-4-21-20(22-11-10-19(28)26-12-6-5-7-15(26)2)23-16-8-9-18-24-17(14-29-3)25-27(18)13-16/h15-16H,4-14H2,1-3H3,(H2,21,22,23).